The fraction of sp³-hybridized carbons (Fsp3) is 0.640. The molecular formula is C25H38N4O3. The first kappa shape index (κ1) is 24.2. The van der Waals surface area contributed by atoms with Crippen molar-refractivity contribution in [2.24, 2.45) is 0 Å². The standard InChI is InChI=1S/C25H38N4O3/c1-25(2,3)21-9-7-20(8-10-21)24(32)26-12-11-22(30)29-17-15-27(16-18-29)19-23(31)28-13-5-4-6-14-28/h7-10H,4-6,11-19H2,1-3H3,(H,26,32). The van der Waals surface area contributed by atoms with Crippen LogP contribution < -0.4 is 5.32 Å². The predicted octanol–water partition coefficient (Wildman–Crippen LogP) is 2.26. The van der Waals surface area contributed by atoms with Crippen molar-refractivity contribution < 1.29 is 14.4 Å². The number of carbonyl (C=O) groups is 3. The maximum absolute atomic E-state index is 12.5. The molecule has 0 unspecified atom stereocenters. The first-order valence-electron chi connectivity index (χ1n) is 11.9. The minimum absolute atomic E-state index is 0.0479. The molecule has 2 fully saturated rings. The molecule has 2 aliphatic heterocycles. The maximum atomic E-state index is 12.5. The third-order valence-corrected chi connectivity index (χ3v) is 6.43. The van der Waals surface area contributed by atoms with Gasteiger partial charge in [0.25, 0.3) is 5.91 Å². The summed E-state index contributed by atoms with van der Waals surface area (Å²) in [6.45, 7) is 11.7. The molecule has 0 atom stereocenters. The molecule has 1 aromatic rings. The Hall–Kier alpha value is -2.41. The maximum Gasteiger partial charge on any atom is 0.251 e. The van der Waals surface area contributed by atoms with Gasteiger partial charge in [0.1, 0.15) is 0 Å². The summed E-state index contributed by atoms with van der Waals surface area (Å²) in [7, 11) is 0. The van der Waals surface area contributed by atoms with Gasteiger partial charge in [0.05, 0.1) is 6.54 Å². The molecule has 2 saturated heterocycles. The molecule has 1 aromatic carbocycles. The summed E-state index contributed by atoms with van der Waals surface area (Å²) in [5.41, 5.74) is 1.84. The van der Waals surface area contributed by atoms with E-state index in [1.165, 1.54) is 12.0 Å². The highest BCUT2D eigenvalue weighted by atomic mass is 16.2. The van der Waals surface area contributed by atoms with Crippen LogP contribution in [0.15, 0.2) is 24.3 Å². The highest BCUT2D eigenvalue weighted by Gasteiger charge is 2.24. The van der Waals surface area contributed by atoms with Crippen LogP contribution in [0.1, 0.15) is 62.4 Å². The van der Waals surface area contributed by atoms with Crippen LogP contribution in [0.25, 0.3) is 0 Å². The van der Waals surface area contributed by atoms with Gasteiger partial charge in [-0.15, -0.1) is 0 Å². The van der Waals surface area contributed by atoms with Gasteiger partial charge in [-0.1, -0.05) is 32.9 Å². The molecule has 0 bridgehead atoms. The number of hydrogen-bond donors (Lipinski definition) is 1. The van der Waals surface area contributed by atoms with E-state index in [1.807, 2.05) is 34.1 Å². The summed E-state index contributed by atoms with van der Waals surface area (Å²) in [5.74, 6) is 0.109. The van der Waals surface area contributed by atoms with Crippen LogP contribution >= 0.6 is 0 Å². The summed E-state index contributed by atoms with van der Waals surface area (Å²) in [4.78, 5) is 43.3. The Kier molecular flexibility index (Phi) is 8.29. The molecular weight excluding hydrogens is 404 g/mol. The quantitative estimate of drug-likeness (QED) is 0.734. The van der Waals surface area contributed by atoms with E-state index in [1.54, 1.807) is 0 Å². The molecule has 0 saturated carbocycles. The Labute approximate surface area is 192 Å². The smallest absolute Gasteiger partial charge is 0.251 e. The summed E-state index contributed by atoms with van der Waals surface area (Å²) in [6.07, 6.45) is 3.71. The molecule has 2 heterocycles. The second kappa shape index (κ2) is 10.9. The molecule has 0 spiro atoms. The highest BCUT2D eigenvalue weighted by molar-refractivity contribution is 5.94. The van der Waals surface area contributed by atoms with Gasteiger partial charge in [0.2, 0.25) is 11.8 Å². The number of carbonyl (C=O) groups excluding carboxylic acids is 3. The number of nitrogens with zero attached hydrogens (tertiary/aromatic N) is 3. The lowest BCUT2D eigenvalue weighted by Gasteiger charge is -2.36. The number of piperidine rings is 1. The molecule has 1 N–H and O–H groups in total. The van der Waals surface area contributed by atoms with Gasteiger partial charge >= 0.3 is 0 Å². The Morgan fingerprint density at radius 2 is 1.41 bits per heavy atom. The molecule has 0 aliphatic carbocycles. The highest BCUT2D eigenvalue weighted by Crippen LogP contribution is 2.22. The number of likely N-dealkylation sites (tertiary alicyclic amines) is 1. The number of amides is 3. The van der Waals surface area contributed by atoms with Crippen molar-refractivity contribution in [2.45, 2.75) is 51.9 Å². The van der Waals surface area contributed by atoms with Gasteiger partial charge in [-0.25, -0.2) is 0 Å². The molecule has 7 heteroatoms. The van der Waals surface area contributed by atoms with Gasteiger partial charge in [-0.2, -0.15) is 0 Å². The van der Waals surface area contributed by atoms with Crippen LogP contribution in [0.4, 0.5) is 0 Å². The summed E-state index contributed by atoms with van der Waals surface area (Å²) < 4.78 is 0. The lowest BCUT2D eigenvalue weighted by molar-refractivity contribution is -0.135. The zero-order chi connectivity index (χ0) is 23.1. The van der Waals surface area contributed by atoms with Crippen molar-refractivity contribution in [3.63, 3.8) is 0 Å². The van der Waals surface area contributed by atoms with E-state index in [4.69, 9.17) is 0 Å². The van der Waals surface area contributed by atoms with Crippen molar-refractivity contribution in [3.05, 3.63) is 35.4 Å². The van der Waals surface area contributed by atoms with Crippen molar-refractivity contribution >= 4 is 17.7 Å². The fourth-order valence-electron chi connectivity index (χ4n) is 4.25. The second-order valence-corrected chi connectivity index (χ2v) is 9.93. The average Bonchev–Trinajstić information content (AvgIpc) is 2.79. The van der Waals surface area contributed by atoms with Crippen molar-refractivity contribution in [1.82, 2.24) is 20.0 Å². The minimum Gasteiger partial charge on any atom is -0.352 e. The third kappa shape index (κ3) is 6.79. The van der Waals surface area contributed by atoms with Gasteiger partial charge < -0.3 is 15.1 Å². The Bertz CT molecular complexity index is 786. The van der Waals surface area contributed by atoms with Crippen LogP contribution in [0, 0.1) is 0 Å². The Morgan fingerprint density at radius 3 is 2.00 bits per heavy atom. The van der Waals surface area contributed by atoms with Crippen molar-refractivity contribution in [2.75, 3.05) is 52.4 Å². The third-order valence-electron chi connectivity index (χ3n) is 6.43. The second-order valence-electron chi connectivity index (χ2n) is 9.93. The molecule has 176 valence electrons. The van der Waals surface area contributed by atoms with Gasteiger partial charge in [0.15, 0.2) is 0 Å². The Balaban J connectivity index is 1.35. The number of piperazine rings is 1. The first-order valence-corrected chi connectivity index (χ1v) is 11.9. The van der Waals surface area contributed by atoms with Crippen LogP contribution in [-0.2, 0) is 15.0 Å². The van der Waals surface area contributed by atoms with Crippen molar-refractivity contribution in [3.8, 4) is 0 Å². The molecule has 7 nitrogen and oxygen atoms in total. The molecule has 2 aliphatic rings. The number of benzene rings is 1. The average molecular weight is 443 g/mol. The normalized spacial score (nSPS) is 17.8. The molecule has 3 rings (SSSR count). The monoisotopic (exact) mass is 442 g/mol. The SMILES string of the molecule is CC(C)(C)c1ccc(C(=O)NCCC(=O)N2CCN(CC(=O)N3CCCCC3)CC2)cc1. The largest absolute Gasteiger partial charge is 0.352 e. The summed E-state index contributed by atoms with van der Waals surface area (Å²) in [5, 5.41) is 2.85. The van der Waals surface area contributed by atoms with E-state index >= 15 is 0 Å². The predicted molar refractivity (Wildman–Crippen MR) is 126 cm³/mol. The zero-order valence-corrected chi connectivity index (χ0v) is 19.9. The minimum atomic E-state index is -0.153. The van der Waals surface area contributed by atoms with Crippen LogP contribution in [0.5, 0.6) is 0 Å². The molecule has 0 radical (unpaired) electrons. The number of rotatable bonds is 6. The molecule has 0 aromatic heterocycles. The molecule has 3 amide bonds. The number of nitrogens with one attached hydrogen (secondary N) is 1. The van der Waals surface area contributed by atoms with Crippen molar-refractivity contribution in [1.29, 1.82) is 0 Å². The topological polar surface area (TPSA) is 73.0 Å². The van der Waals surface area contributed by atoms with E-state index in [9.17, 15) is 14.4 Å². The van der Waals surface area contributed by atoms with Gasteiger partial charge in [-0.05, 0) is 42.4 Å². The van der Waals surface area contributed by atoms with Gasteiger partial charge in [-0.3, -0.25) is 19.3 Å². The van der Waals surface area contributed by atoms with Gasteiger partial charge in [0, 0.05) is 57.8 Å². The Morgan fingerprint density at radius 1 is 0.812 bits per heavy atom. The van der Waals surface area contributed by atoms with Crippen LogP contribution in [0.2, 0.25) is 0 Å². The molecule has 32 heavy (non-hydrogen) atoms. The fourth-order valence-corrected chi connectivity index (χ4v) is 4.25. The summed E-state index contributed by atoms with van der Waals surface area (Å²) >= 11 is 0. The van der Waals surface area contributed by atoms with E-state index in [0.717, 1.165) is 39.0 Å². The van der Waals surface area contributed by atoms with Crippen LogP contribution in [-0.4, -0.2) is 84.8 Å². The van der Waals surface area contributed by atoms with E-state index in [2.05, 4.69) is 31.0 Å². The summed E-state index contributed by atoms with van der Waals surface area (Å²) in [6, 6.07) is 7.63. The van der Waals surface area contributed by atoms with Crippen LogP contribution in [0.3, 0.4) is 0 Å². The lowest BCUT2D eigenvalue weighted by atomic mass is 9.87. The first-order chi connectivity index (χ1) is 15.2. The lowest BCUT2D eigenvalue weighted by Crippen LogP contribution is -2.52. The van der Waals surface area contributed by atoms with E-state index in [0.29, 0.717) is 38.2 Å². The number of hydrogen-bond acceptors (Lipinski definition) is 4. The van der Waals surface area contributed by atoms with E-state index in [-0.39, 0.29) is 23.1 Å². The zero-order valence-electron chi connectivity index (χ0n) is 19.9. The van der Waals surface area contributed by atoms with E-state index < -0.39 is 0 Å².